The monoisotopic (exact) mass is 326 g/mol. The number of nitrogens with zero attached hydrogens (tertiary/aromatic N) is 1. The summed E-state index contributed by atoms with van der Waals surface area (Å²) in [5.41, 5.74) is 1.41. The average Bonchev–Trinajstić information content (AvgIpc) is 3.11. The van der Waals surface area contributed by atoms with E-state index in [0.717, 1.165) is 5.56 Å². The Morgan fingerprint density at radius 2 is 1.88 bits per heavy atom. The van der Waals surface area contributed by atoms with Crippen LogP contribution in [0.2, 0.25) is 0 Å². The molecule has 0 fully saturated rings. The number of aliphatic hydroxyl groups is 1. The maximum atomic E-state index is 12.9. The number of amides is 1. The minimum atomic E-state index is -0.935. The molecule has 1 unspecified atom stereocenters. The van der Waals surface area contributed by atoms with E-state index in [1.54, 1.807) is 0 Å². The van der Waals surface area contributed by atoms with E-state index in [4.69, 9.17) is 4.42 Å². The summed E-state index contributed by atoms with van der Waals surface area (Å²) in [6, 6.07) is 14.7. The molecule has 0 spiro atoms. The number of benzene rings is 2. The zero-order valence-corrected chi connectivity index (χ0v) is 12.6. The standard InChI is InChI=1S/C18H15FN2O3/c19-14-8-6-12(7-9-14)16(22)10-20-17(23)15-11-24-18(21-15)13-4-2-1-3-5-13/h1-9,11,16,22H,10H2,(H,20,23). The molecular formula is C18H15FN2O3. The van der Waals surface area contributed by atoms with Gasteiger partial charge in [-0.15, -0.1) is 0 Å². The second kappa shape index (κ2) is 7.06. The first kappa shape index (κ1) is 15.9. The van der Waals surface area contributed by atoms with Crippen molar-refractivity contribution >= 4 is 5.91 Å². The smallest absolute Gasteiger partial charge is 0.273 e. The molecule has 0 aliphatic rings. The molecule has 1 aromatic heterocycles. The van der Waals surface area contributed by atoms with Gasteiger partial charge in [-0.3, -0.25) is 4.79 Å². The van der Waals surface area contributed by atoms with Crippen molar-refractivity contribution < 1.29 is 18.7 Å². The van der Waals surface area contributed by atoms with Crippen LogP contribution in [0.5, 0.6) is 0 Å². The van der Waals surface area contributed by atoms with Gasteiger partial charge in [-0.1, -0.05) is 30.3 Å². The molecule has 2 N–H and O–H groups in total. The molecule has 0 radical (unpaired) electrons. The number of hydrogen-bond acceptors (Lipinski definition) is 4. The van der Waals surface area contributed by atoms with Crippen LogP contribution in [-0.4, -0.2) is 22.5 Å². The third kappa shape index (κ3) is 3.67. The molecule has 24 heavy (non-hydrogen) atoms. The highest BCUT2D eigenvalue weighted by Gasteiger charge is 2.15. The number of nitrogens with one attached hydrogen (secondary N) is 1. The second-order valence-corrected chi connectivity index (χ2v) is 5.18. The van der Waals surface area contributed by atoms with Crippen molar-refractivity contribution in [3.63, 3.8) is 0 Å². The van der Waals surface area contributed by atoms with Gasteiger partial charge in [0.05, 0.1) is 6.10 Å². The lowest BCUT2D eigenvalue weighted by Gasteiger charge is -2.11. The van der Waals surface area contributed by atoms with Crippen molar-refractivity contribution in [3.05, 3.63) is 77.9 Å². The molecule has 1 atom stereocenters. The number of oxazole rings is 1. The molecule has 2 aromatic carbocycles. The minimum Gasteiger partial charge on any atom is -0.444 e. The summed E-state index contributed by atoms with van der Waals surface area (Å²) in [7, 11) is 0. The number of halogens is 1. The lowest BCUT2D eigenvalue weighted by atomic mass is 10.1. The fourth-order valence-electron chi connectivity index (χ4n) is 2.17. The topological polar surface area (TPSA) is 75.4 Å². The van der Waals surface area contributed by atoms with E-state index in [2.05, 4.69) is 10.3 Å². The molecule has 5 nitrogen and oxygen atoms in total. The molecule has 0 aliphatic heterocycles. The van der Waals surface area contributed by atoms with Gasteiger partial charge in [0.2, 0.25) is 5.89 Å². The average molecular weight is 326 g/mol. The summed E-state index contributed by atoms with van der Waals surface area (Å²) in [6.07, 6.45) is 0.331. The molecule has 6 heteroatoms. The fourth-order valence-corrected chi connectivity index (χ4v) is 2.17. The molecule has 1 heterocycles. The van der Waals surface area contributed by atoms with Crippen LogP contribution in [0, 0.1) is 5.82 Å². The normalized spacial score (nSPS) is 11.9. The number of hydrogen-bond donors (Lipinski definition) is 2. The Bertz CT molecular complexity index is 816. The summed E-state index contributed by atoms with van der Waals surface area (Å²) in [5, 5.41) is 12.6. The molecule has 0 saturated carbocycles. The highest BCUT2D eigenvalue weighted by Crippen LogP contribution is 2.18. The first-order valence-corrected chi connectivity index (χ1v) is 7.36. The summed E-state index contributed by atoms with van der Waals surface area (Å²) >= 11 is 0. The van der Waals surface area contributed by atoms with Crippen molar-refractivity contribution in [2.75, 3.05) is 6.54 Å². The molecule has 122 valence electrons. The molecule has 0 bridgehead atoms. The number of carbonyl (C=O) groups excluding carboxylic acids is 1. The zero-order chi connectivity index (χ0) is 16.9. The van der Waals surface area contributed by atoms with Crippen LogP contribution >= 0.6 is 0 Å². The Balaban J connectivity index is 1.61. The maximum Gasteiger partial charge on any atom is 0.273 e. The third-order valence-electron chi connectivity index (χ3n) is 3.47. The predicted molar refractivity (Wildman–Crippen MR) is 85.6 cm³/mol. The van der Waals surface area contributed by atoms with Crippen LogP contribution in [0.25, 0.3) is 11.5 Å². The number of carbonyl (C=O) groups is 1. The first-order valence-electron chi connectivity index (χ1n) is 7.36. The van der Waals surface area contributed by atoms with Crippen LogP contribution < -0.4 is 5.32 Å². The Hall–Kier alpha value is -2.99. The van der Waals surface area contributed by atoms with Crippen molar-refractivity contribution in [2.24, 2.45) is 0 Å². The minimum absolute atomic E-state index is 0.0159. The Morgan fingerprint density at radius 1 is 1.17 bits per heavy atom. The van der Waals surface area contributed by atoms with Crippen LogP contribution in [0.3, 0.4) is 0 Å². The number of aliphatic hydroxyl groups excluding tert-OH is 1. The summed E-state index contributed by atoms with van der Waals surface area (Å²) in [4.78, 5) is 16.2. The Labute approximate surface area is 137 Å². The number of aromatic nitrogens is 1. The predicted octanol–water partition coefficient (Wildman–Crippen LogP) is 2.94. The quantitative estimate of drug-likeness (QED) is 0.756. The summed E-state index contributed by atoms with van der Waals surface area (Å²) < 4.78 is 18.2. The molecule has 0 saturated heterocycles. The van der Waals surface area contributed by atoms with Gasteiger partial charge in [0.15, 0.2) is 5.69 Å². The fraction of sp³-hybridized carbons (Fsp3) is 0.111. The number of rotatable bonds is 5. The van der Waals surface area contributed by atoms with Gasteiger partial charge in [-0.25, -0.2) is 9.37 Å². The molecular weight excluding hydrogens is 311 g/mol. The summed E-state index contributed by atoms with van der Waals surface area (Å²) in [5.74, 6) is -0.493. The lowest BCUT2D eigenvalue weighted by molar-refractivity contribution is 0.0911. The molecule has 0 aliphatic carbocycles. The zero-order valence-electron chi connectivity index (χ0n) is 12.6. The van der Waals surface area contributed by atoms with E-state index >= 15 is 0 Å². The Morgan fingerprint density at radius 3 is 2.58 bits per heavy atom. The highest BCUT2D eigenvalue weighted by molar-refractivity contribution is 5.92. The lowest BCUT2D eigenvalue weighted by Crippen LogP contribution is -2.28. The van der Waals surface area contributed by atoms with Gasteiger partial charge in [-0.05, 0) is 29.8 Å². The Kier molecular flexibility index (Phi) is 4.67. The van der Waals surface area contributed by atoms with Gasteiger partial charge in [0.1, 0.15) is 12.1 Å². The van der Waals surface area contributed by atoms with Crippen molar-refractivity contribution in [3.8, 4) is 11.5 Å². The van der Waals surface area contributed by atoms with Gasteiger partial charge in [0, 0.05) is 12.1 Å². The van der Waals surface area contributed by atoms with E-state index in [1.807, 2.05) is 30.3 Å². The van der Waals surface area contributed by atoms with E-state index in [0.29, 0.717) is 11.5 Å². The highest BCUT2D eigenvalue weighted by atomic mass is 19.1. The second-order valence-electron chi connectivity index (χ2n) is 5.18. The molecule has 3 rings (SSSR count). The van der Waals surface area contributed by atoms with E-state index < -0.39 is 12.0 Å². The van der Waals surface area contributed by atoms with Crippen LogP contribution in [0.1, 0.15) is 22.2 Å². The van der Waals surface area contributed by atoms with Crippen LogP contribution in [-0.2, 0) is 0 Å². The van der Waals surface area contributed by atoms with Gasteiger partial charge < -0.3 is 14.8 Å². The first-order chi connectivity index (χ1) is 11.6. The van der Waals surface area contributed by atoms with Crippen LogP contribution in [0.4, 0.5) is 4.39 Å². The van der Waals surface area contributed by atoms with Crippen molar-refractivity contribution in [1.82, 2.24) is 10.3 Å². The molecule has 3 aromatic rings. The molecule has 1 amide bonds. The summed E-state index contributed by atoms with van der Waals surface area (Å²) in [6.45, 7) is -0.0159. The van der Waals surface area contributed by atoms with Gasteiger partial charge in [-0.2, -0.15) is 0 Å². The SMILES string of the molecule is O=C(NCC(O)c1ccc(F)cc1)c1coc(-c2ccccc2)n1. The largest absolute Gasteiger partial charge is 0.444 e. The van der Waals surface area contributed by atoms with Gasteiger partial charge >= 0.3 is 0 Å². The van der Waals surface area contributed by atoms with Crippen molar-refractivity contribution in [1.29, 1.82) is 0 Å². The van der Waals surface area contributed by atoms with E-state index in [-0.39, 0.29) is 18.1 Å². The van der Waals surface area contributed by atoms with Gasteiger partial charge in [0.25, 0.3) is 5.91 Å². The van der Waals surface area contributed by atoms with E-state index in [9.17, 15) is 14.3 Å². The van der Waals surface area contributed by atoms with E-state index in [1.165, 1.54) is 30.5 Å². The third-order valence-corrected chi connectivity index (χ3v) is 3.47. The maximum absolute atomic E-state index is 12.9. The van der Waals surface area contributed by atoms with Crippen LogP contribution in [0.15, 0.2) is 65.3 Å². The van der Waals surface area contributed by atoms with Crippen molar-refractivity contribution in [2.45, 2.75) is 6.10 Å².